The summed E-state index contributed by atoms with van der Waals surface area (Å²) in [4.78, 5) is 24.6. The number of rotatable bonds is 4. The number of hydrogen-bond acceptors (Lipinski definition) is 4. The van der Waals surface area contributed by atoms with Crippen LogP contribution in [0.4, 0.5) is 5.69 Å². The number of para-hydroxylation sites is 1. The lowest BCUT2D eigenvalue weighted by Crippen LogP contribution is -2.36. The molecular weight excluding hydrogens is 377 g/mol. The van der Waals surface area contributed by atoms with Crippen molar-refractivity contribution in [3.8, 4) is 5.75 Å². The number of amides is 1. The van der Waals surface area contributed by atoms with Gasteiger partial charge in [0.1, 0.15) is 12.4 Å². The maximum atomic E-state index is 12.4. The second-order valence-corrected chi connectivity index (χ2v) is 6.86. The molecule has 1 amide bonds. The Morgan fingerprint density at radius 1 is 1.23 bits per heavy atom. The molecule has 1 N–H and O–H groups in total. The summed E-state index contributed by atoms with van der Waals surface area (Å²) >= 11 is 11.9. The quantitative estimate of drug-likeness (QED) is 0.793. The van der Waals surface area contributed by atoms with Crippen LogP contribution in [0.3, 0.4) is 0 Å². The van der Waals surface area contributed by atoms with Gasteiger partial charge in [0.05, 0.1) is 16.6 Å². The van der Waals surface area contributed by atoms with Gasteiger partial charge >= 0.3 is 5.97 Å². The average molecular weight is 394 g/mol. The van der Waals surface area contributed by atoms with E-state index in [0.29, 0.717) is 22.2 Å². The fourth-order valence-electron chi connectivity index (χ4n) is 2.63. The molecule has 2 unspecified atom stereocenters. The van der Waals surface area contributed by atoms with Crippen molar-refractivity contribution in [2.75, 3.05) is 11.9 Å². The van der Waals surface area contributed by atoms with Crippen LogP contribution in [0.2, 0.25) is 10.0 Å². The van der Waals surface area contributed by atoms with Crippen molar-refractivity contribution in [2.45, 2.75) is 19.4 Å². The molecule has 0 radical (unpaired) electrons. The number of hydrogen-bond donors (Lipinski definition) is 1. The van der Waals surface area contributed by atoms with Crippen molar-refractivity contribution < 1.29 is 19.1 Å². The van der Waals surface area contributed by atoms with E-state index in [9.17, 15) is 9.59 Å². The fourth-order valence-corrected chi connectivity index (χ4v) is 3.08. The highest BCUT2D eigenvalue weighted by molar-refractivity contribution is 6.36. The van der Waals surface area contributed by atoms with Gasteiger partial charge in [0.15, 0.2) is 6.10 Å². The topological polar surface area (TPSA) is 64.6 Å². The van der Waals surface area contributed by atoms with E-state index in [-0.39, 0.29) is 6.61 Å². The Kier molecular flexibility index (Phi) is 5.69. The summed E-state index contributed by atoms with van der Waals surface area (Å²) in [6.07, 6.45) is -0.446. The molecule has 2 aromatic rings. The lowest BCUT2D eigenvalue weighted by atomic mass is 9.97. The van der Waals surface area contributed by atoms with Crippen LogP contribution >= 0.6 is 23.2 Å². The van der Waals surface area contributed by atoms with Crippen LogP contribution in [0, 0.1) is 5.92 Å². The summed E-state index contributed by atoms with van der Waals surface area (Å²) < 4.78 is 10.9. The van der Waals surface area contributed by atoms with Crippen LogP contribution in [0.5, 0.6) is 5.75 Å². The molecule has 3 rings (SSSR count). The molecule has 0 aliphatic carbocycles. The molecule has 26 heavy (non-hydrogen) atoms. The van der Waals surface area contributed by atoms with E-state index in [1.807, 2.05) is 24.3 Å². The molecule has 0 spiro atoms. The van der Waals surface area contributed by atoms with Crippen molar-refractivity contribution >= 4 is 40.8 Å². The van der Waals surface area contributed by atoms with E-state index in [0.717, 1.165) is 11.3 Å². The Hall–Kier alpha value is -2.24. The van der Waals surface area contributed by atoms with Crippen LogP contribution in [0.25, 0.3) is 0 Å². The smallest absolute Gasteiger partial charge is 0.313 e. The molecule has 7 heteroatoms. The number of nitrogens with one attached hydrogen (secondary N) is 1. The number of carbonyl (C=O) groups is 2. The normalized spacial score (nSPS) is 16.8. The molecule has 1 aliphatic rings. The molecule has 2 aromatic carbocycles. The molecule has 1 aliphatic heterocycles. The van der Waals surface area contributed by atoms with Crippen LogP contribution in [-0.4, -0.2) is 24.6 Å². The number of esters is 1. The first-order valence-electron chi connectivity index (χ1n) is 8.11. The molecule has 0 bridgehead atoms. The van der Waals surface area contributed by atoms with Crippen LogP contribution in [0.1, 0.15) is 12.5 Å². The minimum atomic E-state index is -0.966. The maximum absolute atomic E-state index is 12.4. The second-order valence-electron chi connectivity index (χ2n) is 6.01. The number of ether oxygens (including phenoxy) is 2. The lowest BCUT2D eigenvalue weighted by molar-refractivity contribution is -0.158. The van der Waals surface area contributed by atoms with Crippen LogP contribution in [-0.2, 0) is 20.7 Å². The second kappa shape index (κ2) is 7.98. The first-order chi connectivity index (χ1) is 12.4. The fraction of sp³-hybridized carbons (Fsp3) is 0.263. The van der Waals surface area contributed by atoms with Gasteiger partial charge in [-0.25, -0.2) is 0 Å². The monoisotopic (exact) mass is 393 g/mol. The summed E-state index contributed by atoms with van der Waals surface area (Å²) in [7, 11) is 0. The zero-order valence-corrected chi connectivity index (χ0v) is 15.5. The summed E-state index contributed by atoms with van der Waals surface area (Å²) in [6.45, 7) is 1.74. The predicted octanol–water partition coefficient (Wildman–Crippen LogP) is 4.11. The van der Waals surface area contributed by atoms with Crippen LogP contribution in [0.15, 0.2) is 42.5 Å². The van der Waals surface area contributed by atoms with Gasteiger partial charge in [0.2, 0.25) is 0 Å². The zero-order chi connectivity index (χ0) is 18.7. The summed E-state index contributed by atoms with van der Waals surface area (Å²) in [5.74, 6) is -0.608. The van der Waals surface area contributed by atoms with E-state index < -0.39 is 23.9 Å². The summed E-state index contributed by atoms with van der Waals surface area (Å²) in [5, 5.41) is 3.39. The molecular formula is C19H17Cl2NO4. The van der Waals surface area contributed by atoms with E-state index in [4.69, 9.17) is 32.7 Å². The van der Waals surface area contributed by atoms with Gasteiger partial charge in [-0.15, -0.1) is 0 Å². The van der Waals surface area contributed by atoms with E-state index in [1.165, 1.54) is 13.0 Å². The van der Waals surface area contributed by atoms with Gasteiger partial charge in [0.25, 0.3) is 5.91 Å². The molecule has 2 atom stereocenters. The molecule has 0 fully saturated rings. The third-order valence-electron chi connectivity index (χ3n) is 4.06. The number of anilines is 1. The highest BCUT2D eigenvalue weighted by atomic mass is 35.5. The lowest BCUT2D eigenvalue weighted by Gasteiger charge is -2.25. The summed E-state index contributed by atoms with van der Waals surface area (Å²) in [6, 6.07) is 12.3. The van der Waals surface area contributed by atoms with Gasteiger partial charge in [-0.05, 0) is 43.2 Å². The van der Waals surface area contributed by atoms with Crippen molar-refractivity contribution in [3.05, 3.63) is 58.1 Å². The van der Waals surface area contributed by atoms with Gasteiger partial charge in [0, 0.05) is 5.02 Å². The van der Waals surface area contributed by atoms with Crippen molar-refractivity contribution in [1.82, 2.24) is 0 Å². The molecule has 0 saturated carbocycles. The van der Waals surface area contributed by atoms with E-state index >= 15 is 0 Å². The van der Waals surface area contributed by atoms with Crippen LogP contribution < -0.4 is 10.1 Å². The third kappa shape index (κ3) is 4.29. The standard InChI is InChI=1S/C19H17Cl2NO4/c1-11(18(23)22-16-7-6-14(20)9-15(16)21)26-19(24)13-8-12-4-2-3-5-17(12)25-10-13/h2-7,9,11,13H,8,10H2,1H3,(H,22,23). The Bertz CT molecular complexity index is 840. The molecule has 0 saturated heterocycles. The Labute approximate surface area is 161 Å². The van der Waals surface area contributed by atoms with E-state index in [2.05, 4.69) is 5.32 Å². The predicted molar refractivity (Wildman–Crippen MR) is 99.8 cm³/mol. The first-order valence-corrected chi connectivity index (χ1v) is 8.86. The highest BCUT2D eigenvalue weighted by Gasteiger charge is 2.29. The Balaban J connectivity index is 1.58. The highest BCUT2D eigenvalue weighted by Crippen LogP contribution is 2.28. The van der Waals surface area contributed by atoms with Gasteiger partial charge in [-0.2, -0.15) is 0 Å². The zero-order valence-electron chi connectivity index (χ0n) is 14.0. The van der Waals surface area contributed by atoms with Gasteiger partial charge in [-0.3, -0.25) is 9.59 Å². The SMILES string of the molecule is CC(OC(=O)C1COc2ccccc2C1)C(=O)Nc1ccc(Cl)cc1Cl. The number of carbonyl (C=O) groups excluding carboxylic acids is 2. The Morgan fingerprint density at radius 3 is 2.77 bits per heavy atom. The summed E-state index contributed by atoms with van der Waals surface area (Å²) in [5.41, 5.74) is 1.35. The number of fused-ring (bicyclic) bond motifs is 1. The van der Waals surface area contributed by atoms with Gasteiger partial charge < -0.3 is 14.8 Å². The molecule has 136 valence electrons. The van der Waals surface area contributed by atoms with Crippen molar-refractivity contribution in [1.29, 1.82) is 0 Å². The molecule has 5 nitrogen and oxygen atoms in total. The average Bonchev–Trinajstić information content (AvgIpc) is 2.63. The number of halogens is 2. The minimum Gasteiger partial charge on any atom is -0.492 e. The third-order valence-corrected chi connectivity index (χ3v) is 4.61. The largest absolute Gasteiger partial charge is 0.492 e. The van der Waals surface area contributed by atoms with Crippen molar-refractivity contribution in [2.24, 2.45) is 5.92 Å². The minimum absolute atomic E-state index is 0.229. The Morgan fingerprint density at radius 2 is 2.00 bits per heavy atom. The first kappa shape index (κ1) is 18.5. The molecule has 0 aromatic heterocycles. The maximum Gasteiger partial charge on any atom is 0.313 e. The van der Waals surface area contributed by atoms with E-state index in [1.54, 1.807) is 12.1 Å². The number of benzene rings is 2. The van der Waals surface area contributed by atoms with Gasteiger partial charge in [-0.1, -0.05) is 41.4 Å². The molecule has 1 heterocycles. The van der Waals surface area contributed by atoms with Crippen molar-refractivity contribution in [3.63, 3.8) is 0 Å².